The monoisotopic (exact) mass is 250 g/mol. The van der Waals surface area contributed by atoms with Crippen molar-refractivity contribution in [3.05, 3.63) is 0 Å². The van der Waals surface area contributed by atoms with Gasteiger partial charge in [0.2, 0.25) is 5.91 Å². The Kier molecular flexibility index (Phi) is 3.13. The molecule has 1 heterocycles. The third-order valence-electron chi connectivity index (χ3n) is 5.47. The van der Waals surface area contributed by atoms with E-state index in [1.165, 1.54) is 25.7 Å². The maximum absolute atomic E-state index is 12.3. The average molecular weight is 250 g/mol. The van der Waals surface area contributed by atoms with Crippen molar-refractivity contribution in [3.63, 3.8) is 0 Å². The van der Waals surface area contributed by atoms with Crippen molar-refractivity contribution >= 4 is 5.91 Å². The molecule has 0 aromatic heterocycles. The summed E-state index contributed by atoms with van der Waals surface area (Å²) in [6.45, 7) is 8.44. The summed E-state index contributed by atoms with van der Waals surface area (Å²) in [5, 5.41) is 3.31. The Morgan fingerprint density at radius 2 is 1.78 bits per heavy atom. The number of nitrogens with one attached hydrogen (secondary N) is 1. The SMILES string of the molecule is CC(C)C1CC2(CC(C(=O)N3CCNCC3)C2)C1. The predicted molar refractivity (Wildman–Crippen MR) is 72.2 cm³/mol. The van der Waals surface area contributed by atoms with Gasteiger partial charge in [-0.2, -0.15) is 0 Å². The smallest absolute Gasteiger partial charge is 0.225 e. The van der Waals surface area contributed by atoms with Crippen LogP contribution in [0.4, 0.5) is 0 Å². The van der Waals surface area contributed by atoms with Gasteiger partial charge >= 0.3 is 0 Å². The first-order chi connectivity index (χ1) is 8.60. The molecule has 0 aromatic rings. The van der Waals surface area contributed by atoms with Crippen LogP contribution in [0.5, 0.6) is 0 Å². The largest absolute Gasteiger partial charge is 0.340 e. The van der Waals surface area contributed by atoms with Gasteiger partial charge in [-0.05, 0) is 42.9 Å². The van der Waals surface area contributed by atoms with Gasteiger partial charge in [0.05, 0.1) is 0 Å². The Morgan fingerprint density at radius 1 is 1.17 bits per heavy atom. The van der Waals surface area contributed by atoms with Crippen LogP contribution in [0.1, 0.15) is 39.5 Å². The summed E-state index contributed by atoms with van der Waals surface area (Å²) in [4.78, 5) is 14.4. The number of piperazine rings is 1. The second kappa shape index (κ2) is 4.52. The molecule has 2 aliphatic carbocycles. The molecule has 2 saturated carbocycles. The van der Waals surface area contributed by atoms with Crippen LogP contribution in [-0.4, -0.2) is 37.0 Å². The summed E-state index contributed by atoms with van der Waals surface area (Å²) in [6, 6.07) is 0. The topological polar surface area (TPSA) is 32.3 Å². The van der Waals surface area contributed by atoms with E-state index in [2.05, 4.69) is 24.1 Å². The lowest BCUT2D eigenvalue weighted by atomic mass is 9.46. The van der Waals surface area contributed by atoms with E-state index in [1.54, 1.807) is 0 Å². The van der Waals surface area contributed by atoms with Crippen LogP contribution < -0.4 is 5.32 Å². The predicted octanol–water partition coefficient (Wildman–Crippen LogP) is 1.88. The third-order valence-corrected chi connectivity index (χ3v) is 5.47. The highest BCUT2D eigenvalue weighted by Gasteiger charge is 2.55. The van der Waals surface area contributed by atoms with Crippen LogP contribution in [0.25, 0.3) is 0 Å². The summed E-state index contributed by atoms with van der Waals surface area (Å²) in [5.74, 6) is 2.56. The standard InChI is InChI=1S/C15H26N2O/c1-11(2)12-7-15(8-12)9-13(10-15)14(18)17-5-3-16-4-6-17/h11-13,16H,3-10H2,1-2H3. The Bertz CT molecular complexity index is 319. The lowest BCUT2D eigenvalue weighted by Crippen LogP contribution is -2.56. The second-order valence-corrected chi connectivity index (χ2v) is 7.09. The molecule has 0 radical (unpaired) electrons. The normalized spacial score (nSPS) is 39.6. The zero-order valence-corrected chi connectivity index (χ0v) is 11.7. The molecular formula is C15H26N2O. The maximum Gasteiger partial charge on any atom is 0.225 e. The molecule has 3 aliphatic rings. The number of hydrogen-bond acceptors (Lipinski definition) is 2. The van der Waals surface area contributed by atoms with Crippen LogP contribution in [0, 0.1) is 23.2 Å². The fourth-order valence-corrected chi connectivity index (χ4v) is 4.16. The molecule has 0 aromatic carbocycles. The van der Waals surface area contributed by atoms with E-state index in [0.29, 0.717) is 17.2 Å². The molecule has 1 N–H and O–H groups in total. The molecule has 3 nitrogen and oxygen atoms in total. The van der Waals surface area contributed by atoms with E-state index in [1.807, 2.05) is 0 Å². The van der Waals surface area contributed by atoms with Crippen molar-refractivity contribution in [2.75, 3.05) is 26.2 Å². The lowest BCUT2D eigenvalue weighted by Gasteiger charge is -2.59. The van der Waals surface area contributed by atoms with Gasteiger partial charge in [-0.25, -0.2) is 0 Å². The van der Waals surface area contributed by atoms with Crippen LogP contribution in [0.15, 0.2) is 0 Å². The van der Waals surface area contributed by atoms with Gasteiger partial charge in [0, 0.05) is 32.1 Å². The Labute approximate surface area is 110 Å². The van der Waals surface area contributed by atoms with Crippen molar-refractivity contribution in [1.29, 1.82) is 0 Å². The van der Waals surface area contributed by atoms with Crippen molar-refractivity contribution in [2.45, 2.75) is 39.5 Å². The van der Waals surface area contributed by atoms with Crippen molar-refractivity contribution in [3.8, 4) is 0 Å². The molecule has 0 atom stereocenters. The van der Waals surface area contributed by atoms with E-state index in [9.17, 15) is 4.79 Å². The van der Waals surface area contributed by atoms with Gasteiger partial charge in [0.25, 0.3) is 0 Å². The maximum atomic E-state index is 12.3. The zero-order valence-electron chi connectivity index (χ0n) is 11.7. The minimum absolute atomic E-state index is 0.358. The molecule has 1 amide bonds. The fourth-order valence-electron chi connectivity index (χ4n) is 4.16. The first-order valence-electron chi connectivity index (χ1n) is 7.59. The molecule has 1 aliphatic heterocycles. The number of nitrogens with zero attached hydrogens (tertiary/aromatic N) is 1. The van der Waals surface area contributed by atoms with Gasteiger partial charge in [0.1, 0.15) is 0 Å². The number of rotatable bonds is 2. The fraction of sp³-hybridized carbons (Fsp3) is 0.933. The molecule has 0 bridgehead atoms. The Morgan fingerprint density at radius 3 is 2.33 bits per heavy atom. The number of amides is 1. The summed E-state index contributed by atoms with van der Waals surface area (Å²) < 4.78 is 0. The highest BCUT2D eigenvalue weighted by molar-refractivity contribution is 5.80. The van der Waals surface area contributed by atoms with Crippen molar-refractivity contribution in [2.24, 2.45) is 23.2 Å². The van der Waals surface area contributed by atoms with Gasteiger partial charge in [-0.3, -0.25) is 4.79 Å². The van der Waals surface area contributed by atoms with Gasteiger partial charge in [0.15, 0.2) is 0 Å². The number of hydrogen-bond donors (Lipinski definition) is 1. The first-order valence-corrected chi connectivity index (χ1v) is 7.59. The summed E-state index contributed by atoms with van der Waals surface area (Å²) in [6.07, 6.45) is 5.13. The molecule has 3 heteroatoms. The molecule has 3 fully saturated rings. The van der Waals surface area contributed by atoms with Gasteiger partial charge < -0.3 is 10.2 Å². The van der Waals surface area contributed by atoms with Crippen molar-refractivity contribution in [1.82, 2.24) is 10.2 Å². The summed E-state index contributed by atoms with van der Waals surface area (Å²) >= 11 is 0. The van der Waals surface area contributed by atoms with E-state index in [-0.39, 0.29) is 0 Å². The van der Waals surface area contributed by atoms with Crippen LogP contribution >= 0.6 is 0 Å². The second-order valence-electron chi connectivity index (χ2n) is 7.09. The average Bonchev–Trinajstić information content (AvgIpc) is 2.25. The lowest BCUT2D eigenvalue weighted by molar-refractivity contribution is -0.153. The Balaban J connectivity index is 1.46. The molecular weight excluding hydrogens is 224 g/mol. The van der Waals surface area contributed by atoms with E-state index in [4.69, 9.17) is 0 Å². The quantitative estimate of drug-likeness (QED) is 0.811. The highest BCUT2D eigenvalue weighted by atomic mass is 16.2. The summed E-state index contributed by atoms with van der Waals surface area (Å²) in [7, 11) is 0. The van der Waals surface area contributed by atoms with E-state index in [0.717, 1.165) is 38.0 Å². The van der Waals surface area contributed by atoms with Crippen LogP contribution in [0.3, 0.4) is 0 Å². The molecule has 18 heavy (non-hydrogen) atoms. The third kappa shape index (κ3) is 2.07. The number of carbonyl (C=O) groups excluding carboxylic acids is 1. The van der Waals surface area contributed by atoms with Gasteiger partial charge in [-0.1, -0.05) is 13.8 Å². The van der Waals surface area contributed by atoms with E-state index < -0.39 is 0 Å². The first kappa shape index (κ1) is 12.5. The van der Waals surface area contributed by atoms with Crippen LogP contribution in [-0.2, 0) is 4.79 Å². The van der Waals surface area contributed by atoms with Crippen LogP contribution in [0.2, 0.25) is 0 Å². The molecule has 1 saturated heterocycles. The van der Waals surface area contributed by atoms with Crippen molar-refractivity contribution < 1.29 is 4.79 Å². The zero-order chi connectivity index (χ0) is 12.8. The molecule has 0 unspecified atom stereocenters. The minimum Gasteiger partial charge on any atom is -0.340 e. The van der Waals surface area contributed by atoms with Gasteiger partial charge in [-0.15, -0.1) is 0 Å². The molecule has 102 valence electrons. The minimum atomic E-state index is 0.358. The molecule has 1 spiro atoms. The number of carbonyl (C=O) groups is 1. The summed E-state index contributed by atoms with van der Waals surface area (Å²) in [5.41, 5.74) is 0.587. The molecule has 3 rings (SSSR count). The Hall–Kier alpha value is -0.570. The van der Waals surface area contributed by atoms with E-state index >= 15 is 0 Å². The highest BCUT2D eigenvalue weighted by Crippen LogP contribution is 2.62.